The Hall–Kier alpha value is -0.770. The third-order valence-electron chi connectivity index (χ3n) is 1.71. The lowest BCUT2D eigenvalue weighted by molar-refractivity contribution is -0.136. The molecule has 0 saturated carbocycles. The maximum Gasteiger partial charge on any atom is 0.253 e. The molecule has 0 aromatic heterocycles. The molecule has 0 N–H and O–H groups in total. The van der Waals surface area contributed by atoms with E-state index < -0.39 is 0 Å². The summed E-state index contributed by atoms with van der Waals surface area (Å²) in [5.41, 5.74) is 0. The molecule has 13 heavy (non-hydrogen) atoms. The average molecular weight is 199 g/mol. The Bertz CT molecular complexity index is 220. The van der Waals surface area contributed by atoms with Crippen LogP contribution in [-0.4, -0.2) is 34.8 Å². The van der Waals surface area contributed by atoms with E-state index in [1.54, 1.807) is 11.8 Å². The number of hydrogen-bond donors (Lipinski definition) is 0. The molecule has 1 aliphatic rings. The SMILES string of the molecule is CCCSCCN1C(=O)C=CC1=O. The molecule has 0 atom stereocenters. The summed E-state index contributed by atoms with van der Waals surface area (Å²) in [6.07, 6.45) is 3.78. The van der Waals surface area contributed by atoms with Gasteiger partial charge in [-0.05, 0) is 12.2 Å². The molecule has 1 rings (SSSR count). The number of carbonyl (C=O) groups excluding carboxylic acids is 2. The van der Waals surface area contributed by atoms with E-state index in [0.717, 1.165) is 17.9 Å². The van der Waals surface area contributed by atoms with Crippen molar-refractivity contribution in [1.82, 2.24) is 4.90 Å². The molecule has 0 fully saturated rings. The van der Waals surface area contributed by atoms with Crippen molar-refractivity contribution in [2.45, 2.75) is 13.3 Å². The van der Waals surface area contributed by atoms with Gasteiger partial charge in [-0.15, -0.1) is 0 Å². The normalized spacial score (nSPS) is 15.9. The quantitative estimate of drug-likeness (QED) is 0.490. The van der Waals surface area contributed by atoms with Gasteiger partial charge in [0.05, 0.1) is 0 Å². The Morgan fingerprint density at radius 2 is 1.85 bits per heavy atom. The van der Waals surface area contributed by atoms with Gasteiger partial charge in [-0.1, -0.05) is 6.92 Å². The Labute approximate surface area is 82.2 Å². The third-order valence-corrected chi connectivity index (χ3v) is 2.88. The van der Waals surface area contributed by atoms with Crippen molar-refractivity contribution in [3.63, 3.8) is 0 Å². The van der Waals surface area contributed by atoms with Crippen molar-refractivity contribution >= 4 is 23.6 Å². The summed E-state index contributed by atoms with van der Waals surface area (Å²) in [7, 11) is 0. The fourth-order valence-corrected chi connectivity index (χ4v) is 1.86. The zero-order valence-corrected chi connectivity index (χ0v) is 8.47. The van der Waals surface area contributed by atoms with Crippen LogP contribution >= 0.6 is 11.8 Å². The highest BCUT2D eigenvalue weighted by atomic mass is 32.2. The highest BCUT2D eigenvalue weighted by Gasteiger charge is 2.22. The smallest absolute Gasteiger partial charge is 0.253 e. The molecule has 3 nitrogen and oxygen atoms in total. The summed E-state index contributed by atoms with van der Waals surface area (Å²) in [5, 5.41) is 0. The zero-order valence-electron chi connectivity index (χ0n) is 7.66. The van der Waals surface area contributed by atoms with Crippen LogP contribution in [0.1, 0.15) is 13.3 Å². The molecule has 4 heteroatoms. The minimum Gasteiger partial charge on any atom is -0.275 e. The topological polar surface area (TPSA) is 37.4 Å². The van der Waals surface area contributed by atoms with Crippen LogP contribution in [0.4, 0.5) is 0 Å². The van der Waals surface area contributed by atoms with E-state index in [-0.39, 0.29) is 11.8 Å². The second-order valence-corrected chi connectivity index (χ2v) is 4.00. The van der Waals surface area contributed by atoms with Gasteiger partial charge >= 0.3 is 0 Å². The van der Waals surface area contributed by atoms with Gasteiger partial charge in [0.15, 0.2) is 0 Å². The summed E-state index contributed by atoms with van der Waals surface area (Å²) < 4.78 is 0. The molecule has 0 bridgehead atoms. The molecule has 0 aromatic rings. The molecule has 2 amide bonds. The van der Waals surface area contributed by atoms with Crippen molar-refractivity contribution < 1.29 is 9.59 Å². The molecule has 0 radical (unpaired) electrons. The average Bonchev–Trinajstić information content (AvgIpc) is 2.42. The van der Waals surface area contributed by atoms with Crippen molar-refractivity contribution in [3.05, 3.63) is 12.2 Å². The first-order chi connectivity index (χ1) is 6.25. The molecule has 0 saturated heterocycles. The molecule has 0 aromatic carbocycles. The molecule has 0 unspecified atom stereocenters. The van der Waals surface area contributed by atoms with Crippen LogP contribution in [0.2, 0.25) is 0 Å². The molecule has 0 aliphatic carbocycles. The number of hydrogen-bond acceptors (Lipinski definition) is 3. The van der Waals surface area contributed by atoms with E-state index in [0.29, 0.717) is 6.54 Å². The largest absolute Gasteiger partial charge is 0.275 e. The van der Waals surface area contributed by atoms with Gasteiger partial charge in [0.25, 0.3) is 11.8 Å². The summed E-state index contributed by atoms with van der Waals surface area (Å²) in [6, 6.07) is 0. The highest BCUT2D eigenvalue weighted by Crippen LogP contribution is 2.07. The number of rotatable bonds is 5. The van der Waals surface area contributed by atoms with E-state index in [1.807, 2.05) is 0 Å². The molecule has 1 heterocycles. The highest BCUT2D eigenvalue weighted by molar-refractivity contribution is 7.99. The summed E-state index contributed by atoms with van der Waals surface area (Å²) in [5.74, 6) is 1.57. The Balaban J connectivity index is 2.22. The van der Waals surface area contributed by atoms with Crippen LogP contribution in [0.5, 0.6) is 0 Å². The van der Waals surface area contributed by atoms with Crippen LogP contribution in [0.3, 0.4) is 0 Å². The van der Waals surface area contributed by atoms with Crippen molar-refractivity contribution in [2.75, 3.05) is 18.1 Å². The molecular formula is C9H13NO2S. The Morgan fingerprint density at radius 3 is 2.38 bits per heavy atom. The number of amides is 2. The first kappa shape index (κ1) is 10.3. The monoisotopic (exact) mass is 199 g/mol. The van der Waals surface area contributed by atoms with Crippen LogP contribution in [0.15, 0.2) is 12.2 Å². The molecular weight excluding hydrogens is 186 g/mol. The van der Waals surface area contributed by atoms with Gasteiger partial charge in [0, 0.05) is 24.4 Å². The van der Waals surface area contributed by atoms with E-state index in [2.05, 4.69) is 6.92 Å². The van der Waals surface area contributed by atoms with E-state index in [4.69, 9.17) is 0 Å². The van der Waals surface area contributed by atoms with E-state index >= 15 is 0 Å². The van der Waals surface area contributed by atoms with E-state index in [9.17, 15) is 9.59 Å². The fourth-order valence-electron chi connectivity index (χ4n) is 1.05. The maximum atomic E-state index is 11.1. The maximum absolute atomic E-state index is 11.1. The lowest BCUT2D eigenvalue weighted by Crippen LogP contribution is -2.32. The van der Waals surface area contributed by atoms with Crippen LogP contribution in [0, 0.1) is 0 Å². The molecule has 1 aliphatic heterocycles. The number of carbonyl (C=O) groups is 2. The lowest BCUT2D eigenvalue weighted by atomic mass is 10.5. The van der Waals surface area contributed by atoms with Gasteiger partial charge in [-0.25, -0.2) is 0 Å². The van der Waals surface area contributed by atoms with Gasteiger partial charge in [-0.2, -0.15) is 11.8 Å². The zero-order chi connectivity index (χ0) is 9.68. The standard InChI is InChI=1S/C9H13NO2S/c1-2-6-13-7-5-10-8(11)3-4-9(10)12/h3-4H,2,5-7H2,1H3. The van der Waals surface area contributed by atoms with Crippen molar-refractivity contribution in [1.29, 1.82) is 0 Å². The van der Waals surface area contributed by atoms with Gasteiger partial charge in [0.2, 0.25) is 0 Å². The Kier molecular flexibility index (Phi) is 4.02. The van der Waals surface area contributed by atoms with E-state index in [1.165, 1.54) is 17.1 Å². The second-order valence-electron chi connectivity index (χ2n) is 2.77. The van der Waals surface area contributed by atoms with Crippen molar-refractivity contribution in [2.24, 2.45) is 0 Å². The third kappa shape index (κ3) is 2.88. The molecule has 72 valence electrons. The van der Waals surface area contributed by atoms with Crippen molar-refractivity contribution in [3.8, 4) is 0 Å². The first-order valence-electron chi connectivity index (χ1n) is 4.37. The van der Waals surface area contributed by atoms with Crippen LogP contribution in [0.25, 0.3) is 0 Å². The predicted octanol–water partition coefficient (Wildman–Crippen LogP) is 1.05. The summed E-state index contributed by atoms with van der Waals surface area (Å²) in [4.78, 5) is 23.4. The first-order valence-corrected chi connectivity index (χ1v) is 5.52. The lowest BCUT2D eigenvalue weighted by Gasteiger charge is -2.12. The van der Waals surface area contributed by atoms with Crippen LogP contribution in [-0.2, 0) is 9.59 Å². The predicted molar refractivity (Wildman–Crippen MR) is 53.5 cm³/mol. The van der Waals surface area contributed by atoms with Gasteiger partial charge in [-0.3, -0.25) is 14.5 Å². The molecule has 0 spiro atoms. The minimum absolute atomic E-state index is 0.179. The summed E-state index contributed by atoms with van der Waals surface area (Å²) in [6.45, 7) is 2.65. The number of thioether (sulfide) groups is 1. The fraction of sp³-hybridized carbons (Fsp3) is 0.556. The summed E-state index contributed by atoms with van der Waals surface area (Å²) >= 11 is 1.77. The minimum atomic E-state index is -0.179. The second kappa shape index (κ2) is 5.07. The Morgan fingerprint density at radius 1 is 1.23 bits per heavy atom. The van der Waals surface area contributed by atoms with Crippen LogP contribution < -0.4 is 0 Å². The van der Waals surface area contributed by atoms with Gasteiger partial charge < -0.3 is 0 Å². The number of imide groups is 1. The van der Waals surface area contributed by atoms with Gasteiger partial charge in [0.1, 0.15) is 0 Å². The number of nitrogens with zero attached hydrogens (tertiary/aromatic N) is 1.